The molecule has 0 aliphatic heterocycles. The van der Waals surface area contributed by atoms with Gasteiger partial charge < -0.3 is 32.4 Å². The molecule has 0 bridgehead atoms. The van der Waals surface area contributed by atoms with E-state index in [0.717, 1.165) is 13.1 Å². The van der Waals surface area contributed by atoms with E-state index in [0.29, 0.717) is 43.2 Å². The number of amides is 1. The van der Waals surface area contributed by atoms with Crippen LogP contribution in [-0.2, 0) is 9.59 Å². The highest BCUT2D eigenvalue weighted by molar-refractivity contribution is 5.85. The number of carboxylic acids is 1. The molecule has 0 aromatic heterocycles. The maximum Gasteiger partial charge on any atom is 0.338 e. The minimum Gasteiger partial charge on any atom is -0.548 e. The summed E-state index contributed by atoms with van der Waals surface area (Å²) in [5.41, 5.74) is 34.0. The molecule has 2 rings (SSSR count). The first-order valence-corrected chi connectivity index (χ1v) is 16.6. The van der Waals surface area contributed by atoms with E-state index in [2.05, 4.69) is 46.4 Å². The number of quaternary nitrogens is 3. The predicted molar refractivity (Wildman–Crippen MR) is 168 cm³/mol. The lowest BCUT2D eigenvalue weighted by Crippen LogP contribution is -2.78. The van der Waals surface area contributed by atoms with Crippen LogP contribution in [0.1, 0.15) is 117 Å². The Bertz CT molecular complexity index is 779. The van der Waals surface area contributed by atoms with Crippen LogP contribution < -0.4 is 60.5 Å². The summed E-state index contributed by atoms with van der Waals surface area (Å²) in [6.45, 7) is 7.85. The fraction of sp³-hybridized carbons (Fsp3) is 0.867. The van der Waals surface area contributed by atoms with Gasteiger partial charge in [0.2, 0.25) is 0 Å². The van der Waals surface area contributed by atoms with Gasteiger partial charge in [0.1, 0.15) is 0 Å². The van der Waals surface area contributed by atoms with Gasteiger partial charge in [0, 0.05) is 17.3 Å². The van der Waals surface area contributed by atoms with Gasteiger partial charge in [-0.05, 0) is 57.8 Å². The number of carboxylic acid groups (broad SMARTS) is 1. The molecule has 0 aromatic rings. The lowest BCUT2D eigenvalue weighted by molar-refractivity contribution is -0.463. The van der Waals surface area contributed by atoms with Crippen molar-refractivity contribution in [1.29, 1.82) is 0 Å². The molecule has 0 radical (unpaired) electrons. The van der Waals surface area contributed by atoms with E-state index in [1.165, 1.54) is 77.0 Å². The standard InChI is InChI=1S/C12H26N8O3.2C9H19N/c13-7(3-1-5-18-11(14)15)9(21)20-8(10(22)23)4-2-6-19-12(16)17;2*1-2-9(8-10)6-4-3-5-7-9/h7-8H,1-6,13H2,(H,20,21)(H,22,23)(H4,14,15,18)(H4,16,17,19);2*2-8,10H2,1H3/p+4/t7-,8-;;/m0../s1. The Morgan fingerprint density at radius 3 is 1.47 bits per heavy atom. The molecular formula is C30H68N10O3+4. The molecule has 0 unspecified atom stereocenters. The number of carbonyl (C=O) groups is 2. The number of nitrogens with one attached hydrogen (secondary N) is 3. The smallest absolute Gasteiger partial charge is 0.338 e. The van der Waals surface area contributed by atoms with Crippen LogP contribution in [0.5, 0.6) is 0 Å². The summed E-state index contributed by atoms with van der Waals surface area (Å²) in [5.74, 6) is -1.62. The Morgan fingerprint density at radius 1 is 0.767 bits per heavy atom. The summed E-state index contributed by atoms with van der Waals surface area (Å²) < 4.78 is 0. The molecule has 0 heterocycles. The van der Waals surface area contributed by atoms with Crippen LogP contribution in [0.4, 0.5) is 0 Å². The third-order valence-corrected chi connectivity index (χ3v) is 9.42. The first-order valence-electron chi connectivity index (χ1n) is 16.6. The summed E-state index contributed by atoms with van der Waals surface area (Å²) in [7, 11) is 0. The summed E-state index contributed by atoms with van der Waals surface area (Å²) in [5, 5.41) is 13.5. The molecule has 1 amide bonds. The van der Waals surface area contributed by atoms with Gasteiger partial charge in [0.15, 0.2) is 6.04 Å². The van der Waals surface area contributed by atoms with Crippen molar-refractivity contribution >= 4 is 23.8 Å². The molecule has 252 valence electrons. The van der Waals surface area contributed by atoms with Gasteiger partial charge in [-0.25, -0.2) is 0 Å². The number of hydrogen-bond acceptors (Lipinski definition) is 3. The van der Waals surface area contributed by atoms with E-state index in [4.69, 9.17) is 22.9 Å². The molecule has 2 aliphatic rings. The maximum atomic E-state index is 11.9. The second-order valence-electron chi connectivity index (χ2n) is 12.5. The van der Waals surface area contributed by atoms with Crippen LogP contribution in [0.3, 0.4) is 0 Å². The van der Waals surface area contributed by atoms with Crippen LogP contribution in [-0.4, -0.2) is 62.1 Å². The molecule has 43 heavy (non-hydrogen) atoms. The van der Waals surface area contributed by atoms with Crippen LogP contribution in [0.15, 0.2) is 0 Å². The molecular weight excluding hydrogens is 548 g/mol. The van der Waals surface area contributed by atoms with Crippen molar-refractivity contribution in [3.63, 3.8) is 0 Å². The summed E-state index contributed by atoms with van der Waals surface area (Å²) in [6.07, 6.45) is 18.9. The monoisotopic (exact) mass is 617 g/mol. The lowest BCUT2D eigenvalue weighted by atomic mass is 9.72. The second-order valence-corrected chi connectivity index (χ2v) is 12.5. The van der Waals surface area contributed by atoms with E-state index < -0.39 is 24.0 Å². The molecule has 0 aromatic carbocycles. The van der Waals surface area contributed by atoms with E-state index in [-0.39, 0.29) is 18.3 Å². The molecule has 2 atom stereocenters. The number of rotatable bonds is 15. The molecule has 2 saturated carbocycles. The first-order chi connectivity index (χ1) is 20.4. The lowest BCUT2D eigenvalue weighted by Gasteiger charge is -2.33. The predicted octanol–water partition coefficient (Wildman–Crippen LogP) is -5.72. The minimum atomic E-state index is -1.34. The van der Waals surface area contributed by atoms with Gasteiger partial charge in [-0.2, -0.15) is 0 Å². The average molecular weight is 617 g/mol. The maximum absolute atomic E-state index is 11.9. The average Bonchev–Trinajstić information content (AvgIpc) is 3.01. The zero-order valence-electron chi connectivity index (χ0n) is 27.5. The second kappa shape index (κ2) is 22.8. The molecule has 0 saturated heterocycles. The van der Waals surface area contributed by atoms with Gasteiger partial charge in [0.25, 0.3) is 5.91 Å². The minimum absolute atomic E-state index is 0.0563. The molecule has 0 spiro atoms. The zero-order valence-corrected chi connectivity index (χ0v) is 27.5. The third kappa shape index (κ3) is 17.9. The number of nitrogens with two attached hydrogens (primary N) is 4. The van der Waals surface area contributed by atoms with Crippen molar-refractivity contribution in [3.8, 4) is 0 Å². The van der Waals surface area contributed by atoms with Crippen molar-refractivity contribution in [2.75, 3.05) is 26.2 Å². The fourth-order valence-corrected chi connectivity index (χ4v) is 5.95. The Kier molecular flexibility index (Phi) is 21.4. The van der Waals surface area contributed by atoms with Crippen molar-refractivity contribution < 1.29 is 41.9 Å². The quantitative estimate of drug-likeness (QED) is 0.0483. The van der Waals surface area contributed by atoms with Gasteiger partial charge in [-0.15, -0.1) is 0 Å². The number of guanidine groups is 2. The molecule has 13 heteroatoms. The summed E-state index contributed by atoms with van der Waals surface area (Å²) in [6, 6.07) is -1.66. The first kappa shape index (κ1) is 40.4. The zero-order chi connectivity index (χ0) is 32.7. The van der Waals surface area contributed by atoms with Gasteiger partial charge >= 0.3 is 11.9 Å². The summed E-state index contributed by atoms with van der Waals surface area (Å²) >= 11 is 0. The van der Waals surface area contributed by atoms with Crippen LogP contribution >= 0.6 is 0 Å². The van der Waals surface area contributed by atoms with E-state index in [9.17, 15) is 14.7 Å². The Hall–Kier alpha value is -2.64. The van der Waals surface area contributed by atoms with Crippen molar-refractivity contribution in [3.05, 3.63) is 0 Å². The van der Waals surface area contributed by atoms with Gasteiger partial charge in [-0.1, -0.05) is 52.4 Å². The van der Waals surface area contributed by atoms with Crippen molar-refractivity contribution in [2.45, 2.75) is 129 Å². The Balaban J connectivity index is 0.000000717. The third-order valence-electron chi connectivity index (χ3n) is 9.42. The van der Waals surface area contributed by atoms with Crippen LogP contribution in [0.25, 0.3) is 0 Å². The molecule has 13 nitrogen and oxygen atoms in total. The molecule has 2 aliphatic carbocycles. The van der Waals surface area contributed by atoms with Crippen LogP contribution in [0.2, 0.25) is 0 Å². The number of aliphatic carboxylic acids is 1. The van der Waals surface area contributed by atoms with E-state index >= 15 is 0 Å². The van der Waals surface area contributed by atoms with Crippen LogP contribution in [0, 0.1) is 10.8 Å². The highest BCUT2D eigenvalue weighted by Crippen LogP contribution is 2.38. The van der Waals surface area contributed by atoms with Gasteiger partial charge in [0.05, 0.1) is 38.2 Å². The molecule has 2 fully saturated rings. The fourth-order valence-electron chi connectivity index (χ4n) is 5.95. The van der Waals surface area contributed by atoms with Crippen molar-refractivity contribution in [1.82, 2.24) is 5.32 Å². The van der Waals surface area contributed by atoms with Gasteiger partial charge in [-0.3, -0.25) is 37.7 Å². The summed E-state index contributed by atoms with van der Waals surface area (Å²) in [4.78, 5) is 28.4. The highest BCUT2D eigenvalue weighted by Gasteiger charge is 2.31. The molecule has 20 N–H and O–H groups in total. The number of hydrogen-bond donors (Lipinski definition) is 10. The SMILES string of the molecule is CCC1(C[NH3+])CCCCC1.CCC1(C[NH3+])CCCCC1.NC(N)=[NH+]CCC[C@H](NC(=O)[C@@H]([NH3+])CCC[NH+]=C(N)N)C(=O)[O-]. The number of carbonyl (C=O) groups excluding carboxylic acids is 2. The largest absolute Gasteiger partial charge is 0.548 e. The van der Waals surface area contributed by atoms with Crippen molar-refractivity contribution in [2.24, 2.45) is 33.8 Å². The van der Waals surface area contributed by atoms with E-state index in [1.807, 2.05) is 0 Å². The topological polar surface area (TPSA) is 284 Å². The Morgan fingerprint density at radius 2 is 1.16 bits per heavy atom. The Labute approximate surface area is 259 Å². The highest BCUT2D eigenvalue weighted by atomic mass is 16.4. The van der Waals surface area contributed by atoms with E-state index in [1.54, 1.807) is 0 Å². The normalized spacial score (nSPS) is 18.3.